The third kappa shape index (κ3) is 2.60. The van der Waals surface area contributed by atoms with Crippen LogP contribution in [0.15, 0.2) is 16.9 Å². The van der Waals surface area contributed by atoms with Crippen LogP contribution in [0.4, 0.5) is 0 Å². The molecule has 0 fully saturated rings. The number of methoxy groups -OCH3 is 1. The van der Waals surface area contributed by atoms with Gasteiger partial charge in [-0.1, -0.05) is 18.5 Å². The average Bonchev–Trinajstić information content (AvgIpc) is 2.38. The van der Waals surface area contributed by atoms with Gasteiger partial charge in [-0.2, -0.15) is 0 Å². The molecule has 19 heavy (non-hydrogen) atoms. The van der Waals surface area contributed by atoms with Gasteiger partial charge in [0.2, 0.25) is 0 Å². The summed E-state index contributed by atoms with van der Waals surface area (Å²) in [6.07, 6.45) is 0.691. The highest BCUT2D eigenvalue weighted by Gasteiger charge is 2.11. The van der Waals surface area contributed by atoms with Gasteiger partial charge in [0.15, 0.2) is 12.2 Å². The van der Waals surface area contributed by atoms with E-state index in [0.29, 0.717) is 22.6 Å². The van der Waals surface area contributed by atoms with Gasteiger partial charge >= 0.3 is 0 Å². The van der Waals surface area contributed by atoms with E-state index >= 15 is 0 Å². The van der Waals surface area contributed by atoms with E-state index < -0.39 is 0 Å². The first-order valence-electron chi connectivity index (χ1n) is 6.05. The van der Waals surface area contributed by atoms with Crippen LogP contribution in [0.25, 0.3) is 10.9 Å². The van der Waals surface area contributed by atoms with Crippen molar-refractivity contribution in [1.29, 1.82) is 0 Å². The maximum atomic E-state index is 12.3. The van der Waals surface area contributed by atoms with Gasteiger partial charge < -0.3 is 14.5 Å². The van der Waals surface area contributed by atoms with Crippen LogP contribution >= 0.6 is 11.6 Å². The Labute approximate surface area is 116 Å². The van der Waals surface area contributed by atoms with Gasteiger partial charge in [-0.3, -0.25) is 4.79 Å². The average molecular weight is 282 g/mol. The predicted octanol–water partition coefficient (Wildman–Crippen LogP) is 3.04. The third-order valence-corrected chi connectivity index (χ3v) is 3.35. The second kappa shape index (κ2) is 5.63. The van der Waals surface area contributed by atoms with E-state index in [0.717, 1.165) is 16.8 Å². The van der Waals surface area contributed by atoms with Gasteiger partial charge in [-0.05, 0) is 19.4 Å². The van der Waals surface area contributed by atoms with E-state index in [1.807, 2.05) is 13.8 Å². The lowest BCUT2D eigenvalue weighted by atomic mass is 10.1. The van der Waals surface area contributed by atoms with Crippen LogP contribution < -0.4 is 10.2 Å². The van der Waals surface area contributed by atoms with Crippen LogP contribution in [0.5, 0.6) is 5.75 Å². The molecule has 102 valence electrons. The molecule has 2 rings (SSSR count). The molecular formula is C14H16ClNO3. The highest BCUT2D eigenvalue weighted by Crippen LogP contribution is 2.28. The number of ether oxygens (including phenoxy) is 2. The lowest BCUT2D eigenvalue weighted by Gasteiger charge is -2.10. The Morgan fingerprint density at radius 1 is 1.37 bits per heavy atom. The number of halogens is 1. The molecule has 2 aromatic rings. The van der Waals surface area contributed by atoms with Crippen molar-refractivity contribution in [2.45, 2.75) is 20.3 Å². The largest absolute Gasteiger partial charge is 0.466 e. The molecule has 0 saturated heterocycles. The van der Waals surface area contributed by atoms with Crippen molar-refractivity contribution in [2.75, 3.05) is 13.9 Å². The number of aromatic nitrogens is 1. The van der Waals surface area contributed by atoms with Crippen molar-refractivity contribution < 1.29 is 9.47 Å². The van der Waals surface area contributed by atoms with E-state index in [1.165, 1.54) is 7.11 Å². The van der Waals surface area contributed by atoms with Gasteiger partial charge in [-0.15, -0.1) is 0 Å². The Kier molecular flexibility index (Phi) is 4.12. The SMILES string of the molecule is CCc1c(C)[nH]c2cc(OCOC)c(Cl)cc2c1=O. The van der Waals surface area contributed by atoms with Crippen molar-refractivity contribution in [2.24, 2.45) is 0 Å². The number of benzene rings is 1. The number of fused-ring (bicyclic) bond motifs is 1. The van der Waals surface area contributed by atoms with Crippen molar-refractivity contribution in [1.82, 2.24) is 4.98 Å². The zero-order valence-electron chi connectivity index (χ0n) is 11.2. The minimum atomic E-state index is 0.0222. The molecular weight excluding hydrogens is 266 g/mol. The first kappa shape index (κ1) is 13.9. The molecule has 0 aliphatic carbocycles. The summed E-state index contributed by atoms with van der Waals surface area (Å²) < 4.78 is 10.2. The molecule has 0 spiro atoms. The minimum Gasteiger partial charge on any atom is -0.466 e. The van der Waals surface area contributed by atoms with Crippen LogP contribution in [-0.4, -0.2) is 18.9 Å². The Morgan fingerprint density at radius 3 is 2.74 bits per heavy atom. The normalized spacial score (nSPS) is 10.9. The number of H-pyrrole nitrogens is 1. The molecule has 0 amide bonds. The van der Waals surface area contributed by atoms with Crippen LogP contribution in [0.2, 0.25) is 5.02 Å². The Balaban J connectivity index is 2.65. The van der Waals surface area contributed by atoms with Crippen LogP contribution in [0.1, 0.15) is 18.2 Å². The molecule has 5 heteroatoms. The van der Waals surface area contributed by atoms with E-state index in [-0.39, 0.29) is 12.2 Å². The van der Waals surface area contributed by atoms with Gasteiger partial charge in [0, 0.05) is 29.8 Å². The van der Waals surface area contributed by atoms with Gasteiger partial charge in [0.25, 0.3) is 0 Å². The maximum Gasteiger partial charge on any atom is 0.192 e. The molecule has 0 radical (unpaired) electrons. The Morgan fingerprint density at radius 2 is 2.11 bits per heavy atom. The third-order valence-electron chi connectivity index (χ3n) is 3.05. The fourth-order valence-corrected chi connectivity index (χ4v) is 2.33. The summed E-state index contributed by atoms with van der Waals surface area (Å²) >= 11 is 6.11. The number of aromatic amines is 1. The van der Waals surface area contributed by atoms with Crippen molar-refractivity contribution in [3.05, 3.63) is 38.6 Å². The van der Waals surface area contributed by atoms with Crippen LogP contribution in [0.3, 0.4) is 0 Å². The van der Waals surface area contributed by atoms with E-state index in [1.54, 1.807) is 12.1 Å². The number of hydrogen-bond donors (Lipinski definition) is 1. The number of nitrogens with one attached hydrogen (secondary N) is 1. The van der Waals surface area contributed by atoms with Crippen molar-refractivity contribution >= 4 is 22.5 Å². The monoisotopic (exact) mass is 281 g/mol. The summed E-state index contributed by atoms with van der Waals surface area (Å²) in [4.78, 5) is 15.5. The molecule has 0 saturated carbocycles. The van der Waals surface area contributed by atoms with Gasteiger partial charge in [0.1, 0.15) is 5.75 Å². The molecule has 1 N–H and O–H groups in total. The lowest BCUT2D eigenvalue weighted by molar-refractivity contribution is 0.0513. The number of aryl methyl sites for hydroxylation is 1. The fourth-order valence-electron chi connectivity index (χ4n) is 2.11. The highest BCUT2D eigenvalue weighted by atomic mass is 35.5. The molecule has 0 atom stereocenters. The quantitative estimate of drug-likeness (QED) is 0.877. The molecule has 0 aliphatic rings. The molecule has 0 bridgehead atoms. The van der Waals surface area contributed by atoms with E-state index in [4.69, 9.17) is 21.1 Å². The number of pyridine rings is 1. The van der Waals surface area contributed by atoms with Crippen molar-refractivity contribution in [3.63, 3.8) is 0 Å². The standard InChI is InChI=1S/C14H16ClNO3/c1-4-9-8(2)16-12-6-13(19-7-18-3)11(15)5-10(12)14(9)17/h5-6H,4,7H2,1-3H3,(H,16,17). The first-order valence-corrected chi connectivity index (χ1v) is 6.43. The zero-order chi connectivity index (χ0) is 14.0. The van der Waals surface area contributed by atoms with Crippen LogP contribution in [-0.2, 0) is 11.2 Å². The van der Waals surface area contributed by atoms with E-state index in [9.17, 15) is 4.79 Å². The molecule has 0 aliphatic heterocycles. The number of rotatable bonds is 4. The molecule has 1 aromatic heterocycles. The first-order chi connectivity index (χ1) is 9.08. The lowest BCUT2D eigenvalue weighted by Crippen LogP contribution is -2.12. The van der Waals surface area contributed by atoms with Gasteiger partial charge in [-0.25, -0.2) is 0 Å². The maximum absolute atomic E-state index is 12.3. The second-order valence-corrected chi connectivity index (χ2v) is 4.70. The fraction of sp³-hybridized carbons (Fsp3) is 0.357. The van der Waals surface area contributed by atoms with Crippen LogP contribution in [0, 0.1) is 6.92 Å². The van der Waals surface area contributed by atoms with E-state index in [2.05, 4.69) is 4.98 Å². The summed E-state index contributed by atoms with van der Waals surface area (Å²) in [6, 6.07) is 3.36. The van der Waals surface area contributed by atoms with Crippen molar-refractivity contribution in [3.8, 4) is 5.75 Å². The summed E-state index contributed by atoms with van der Waals surface area (Å²) in [5.74, 6) is 0.496. The summed E-state index contributed by atoms with van der Waals surface area (Å²) in [5, 5.41) is 0.984. The highest BCUT2D eigenvalue weighted by molar-refractivity contribution is 6.32. The Bertz CT molecular complexity index is 664. The molecule has 4 nitrogen and oxygen atoms in total. The Hall–Kier alpha value is -1.52. The second-order valence-electron chi connectivity index (χ2n) is 4.29. The smallest absolute Gasteiger partial charge is 0.192 e. The molecule has 1 heterocycles. The number of hydrogen-bond acceptors (Lipinski definition) is 3. The predicted molar refractivity (Wildman–Crippen MR) is 76.2 cm³/mol. The topological polar surface area (TPSA) is 51.3 Å². The summed E-state index contributed by atoms with van der Waals surface area (Å²) in [7, 11) is 1.54. The van der Waals surface area contributed by atoms with Gasteiger partial charge in [0.05, 0.1) is 10.5 Å². The minimum absolute atomic E-state index is 0.0222. The molecule has 0 unspecified atom stereocenters. The summed E-state index contributed by atoms with van der Waals surface area (Å²) in [6.45, 7) is 3.96. The zero-order valence-corrected chi connectivity index (χ0v) is 11.9. The summed E-state index contributed by atoms with van der Waals surface area (Å²) in [5.41, 5.74) is 2.40. The molecule has 1 aromatic carbocycles.